The molecule has 6 heteroatoms. The van der Waals surface area contributed by atoms with E-state index in [1.54, 1.807) is 7.11 Å². The van der Waals surface area contributed by atoms with Crippen LogP contribution in [0.15, 0.2) is 59.6 Å². The summed E-state index contributed by atoms with van der Waals surface area (Å²) in [7, 11) is 1.64. The molecule has 1 amide bonds. The molecule has 1 aliphatic rings. The average molecular weight is 378 g/mol. The Morgan fingerprint density at radius 1 is 1.15 bits per heavy atom. The number of thiocarbonyl (C=S) groups is 1. The standard InChI is InChI=1S/C20H14N2O2S2/c1-24-17-7-6-12(9-18-19(23)22-20(25)26-18)8-15(17)16-10-13-4-2-3-5-14(13)11-21-16/h2-11H,1H3,(H,22,23,25). The van der Waals surface area contributed by atoms with Gasteiger partial charge in [0.15, 0.2) is 0 Å². The summed E-state index contributed by atoms with van der Waals surface area (Å²) in [6.07, 6.45) is 3.68. The predicted molar refractivity (Wildman–Crippen MR) is 110 cm³/mol. The van der Waals surface area contributed by atoms with Crippen molar-refractivity contribution < 1.29 is 9.53 Å². The third-order valence-electron chi connectivity index (χ3n) is 4.07. The third kappa shape index (κ3) is 3.21. The molecule has 4 rings (SSSR count). The van der Waals surface area contributed by atoms with Gasteiger partial charge in [-0.1, -0.05) is 54.3 Å². The van der Waals surface area contributed by atoms with E-state index in [0.717, 1.165) is 33.3 Å². The minimum Gasteiger partial charge on any atom is -0.496 e. The van der Waals surface area contributed by atoms with Crippen molar-refractivity contribution in [3.05, 3.63) is 65.2 Å². The van der Waals surface area contributed by atoms with Crippen LogP contribution in [0.3, 0.4) is 0 Å². The lowest BCUT2D eigenvalue weighted by Gasteiger charge is -2.10. The number of hydrogen-bond acceptors (Lipinski definition) is 5. The Kier molecular flexibility index (Phi) is 4.44. The molecular formula is C20H14N2O2S2. The molecule has 0 radical (unpaired) electrons. The van der Waals surface area contributed by atoms with E-state index in [1.807, 2.05) is 54.7 Å². The van der Waals surface area contributed by atoms with Gasteiger partial charge in [0.05, 0.1) is 17.7 Å². The summed E-state index contributed by atoms with van der Waals surface area (Å²) in [6, 6.07) is 15.9. The molecule has 0 atom stereocenters. The van der Waals surface area contributed by atoms with Crippen LogP contribution in [0.25, 0.3) is 28.1 Å². The lowest BCUT2D eigenvalue weighted by atomic mass is 10.0. The average Bonchev–Trinajstić information content (AvgIpc) is 2.98. The normalized spacial score (nSPS) is 15.5. The van der Waals surface area contributed by atoms with Crippen molar-refractivity contribution in [2.24, 2.45) is 0 Å². The number of methoxy groups -OCH3 is 1. The zero-order chi connectivity index (χ0) is 18.1. The van der Waals surface area contributed by atoms with Gasteiger partial charge in [-0.2, -0.15) is 0 Å². The first-order valence-corrected chi connectivity index (χ1v) is 9.14. The number of ether oxygens (including phenoxy) is 1. The van der Waals surface area contributed by atoms with Gasteiger partial charge in [0, 0.05) is 17.1 Å². The molecule has 4 nitrogen and oxygen atoms in total. The second-order valence-corrected chi connectivity index (χ2v) is 7.45. The molecular weight excluding hydrogens is 364 g/mol. The summed E-state index contributed by atoms with van der Waals surface area (Å²) < 4.78 is 5.99. The van der Waals surface area contributed by atoms with E-state index in [0.29, 0.717) is 9.23 Å². The molecule has 3 aromatic rings. The number of fused-ring (bicyclic) bond motifs is 1. The molecule has 2 aromatic carbocycles. The van der Waals surface area contributed by atoms with Crippen molar-refractivity contribution in [1.82, 2.24) is 10.3 Å². The zero-order valence-corrected chi connectivity index (χ0v) is 15.5. The summed E-state index contributed by atoms with van der Waals surface area (Å²) in [4.78, 5) is 17.0. The number of thioether (sulfide) groups is 1. The van der Waals surface area contributed by atoms with E-state index in [4.69, 9.17) is 17.0 Å². The number of amides is 1. The molecule has 2 heterocycles. The second-order valence-electron chi connectivity index (χ2n) is 5.73. The van der Waals surface area contributed by atoms with Crippen LogP contribution in [0.2, 0.25) is 0 Å². The largest absolute Gasteiger partial charge is 0.496 e. The highest BCUT2D eigenvalue weighted by Crippen LogP contribution is 2.33. The van der Waals surface area contributed by atoms with Gasteiger partial charge < -0.3 is 10.1 Å². The second kappa shape index (κ2) is 6.90. The Morgan fingerprint density at radius 3 is 2.69 bits per heavy atom. The fourth-order valence-corrected chi connectivity index (χ4v) is 3.86. The monoisotopic (exact) mass is 378 g/mol. The Labute approximate surface area is 160 Å². The highest BCUT2D eigenvalue weighted by atomic mass is 32.2. The van der Waals surface area contributed by atoms with Gasteiger partial charge in [-0.3, -0.25) is 9.78 Å². The van der Waals surface area contributed by atoms with E-state index in [1.165, 1.54) is 11.8 Å². The lowest BCUT2D eigenvalue weighted by molar-refractivity contribution is -0.115. The van der Waals surface area contributed by atoms with Gasteiger partial charge in [-0.15, -0.1) is 0 Å². The topological polar surface area (TPSA) is 51.2 Å². The van der Waals surface area contributed by atoms with Gasteiger partial charge in [0.1, 0.15) is 10.1 Å². The summed E-state index contributed by atoms with van der Waals surface area (Å²) in [5, 5.41) is 4.82. The molecule has 0 spiro atoms. The molecule has 26 heavy (non-hydrogen) atoms. The van der Waals surface area contributed by atoms with E-state index in [2.05, 4.69) is 16.4 Å². The van der Waals surface area contributed by atoms with Gasteiger partial charge in [-0.25, -0.2) is 0 Å². The summed E-state index contributed by atoms with van der Waals surface area (Å²) >= 11 is 6.30. The molecule has 0 aliphatic carbocycles. The number of hydrogen-bond donors (Lipinski definition) is 1. The number of benzene rings is 2. The SMILES string of the molecule is COc1ccc(C=C2SC(=S)NC2=O)cc1-c1cc2ccccc2cn1. The number of carbonyl (C=O) groups excluding carboxylic acids is 1. The maximum Gasteiger partial charge on any atom is 0.263 e. The van der Waals surface area contributed by atoms with Gasteiger partial charge in [0.2, 0.25) is 0 Å². The first-order chi connectivity index (χ1) is 12.6. The van der Waals surface area contributed by atoms with Crippen molar-refractivity contribution in [3.8, 4) is 17.0 Å². The van der Waals surface area contributed by atoms with Gasteiger partial charge >= 0.3 is 0 Å². The van der Waals surface area contributed by atoms with Crippen molar-refractivity contribution in [1.29, 1.82) is 0 Å². The maximum atomic E-state index is 11.9. The highest BCUT2D eigenvalue weighted by molar-refractivity contribution is 8.26. The van der Waals surface area contributed by atoms with Crippen LogP contribution in [-0.2, 0) is 4.79 Å². The number of pyridine rings is 1. The lowest BCUT2D eigenvalue weighted by Crippen LogP contribution is -2.17. The van der Waals surface area contributed by atoms with Crippen LogP contribution >= 0.6 is 24.0 Å². The number of carbonyl (C=O) groups is 1. The zero-order valence-electron chi connectivity index (χ0n) is 13.9. The van der Waals surface area contributed by atoms with Gasteiger partial charge in [-0.05, 0) is 35.2 Å². The maximum absolute atomic E-state index is 11.9. The number of rotatable bonds is 3. The van der Waals surface area contributed by atoms with E-state index in [9.17, 15) is 4.79 Å². The summed E-state index contributed by atoms with van der Waals surface area (Å²) in [5.74, 6) is 0.565. The van der Waals surface area contributed by atoms with Crippen molar-refractivity contribution >= 4 is 51.1 Å². The molecule has 1 N–H and O–H groups in total. The van der Waals surface area contributed by atoms with Crippen molar-refractivity contribution in [2.45, 2.75) is 0 Å². The fourth-order valence-electron chi connectivity index (χ4n) is 2.82. The number of aromatic nitrogens is 1. The van der Waals surface area contributed by atoms with Crippen LogP contribution < -0.4 is 10.1 Å². The van der Waals surface area contributed by atoms with E-state index < -0.39 is 0 Å². The molecule has 0 bridgehead atoms. The van der Waals surface area contributed by atoms with Crippen LogP contribution in [0.1, 0.15) is 5.56 Å². The van der Waals surface area contributed by atoms with E-state index in [-0.39, 0.29) is 5.91 Å². The Bertz CT molecular complexity index is 1080. The molecule has 0 unspecified atom stereocenters. The van der Waals surface area contributed by atoms with Crippen LogP contribution in [-0.4, -0.2) is 22.3 Å². The van der Waals surface area contributed by atoms with Crippen molar-refractivity contribution in [3.63, 3.8) is 0 Å². The fraction of sp³-hybridized carbons (Fsp3) is 0.0500. The number of nitrogens with zero attached hydrogens (tertiary/aromatic N) is 1. The molecule has 128 valence electrons. The third-order valence-corrected chi connectivity index (χ3v) is 5.23. The molecule has 1 saturated heterocycles. The van der Waals surface area contributed by atoms with E-state index >= 15 is 0 Å². The smallest absolute Gasteiger partial charge is 0.263 e. The Hall–Kier alpha value is -2.70. The quantitative estimate of drug-likeness (QED) is 0.541. The molecule has 1 aliphatic heterocycles. The minimum absolute atomic E-state index is 0.166. The Morgan fingerprint density at radius 2 is 1.96 bits per heavy atom. The van der Waals surface area contributed by atoms with Crippen molar-refractivity contribution in [2.75, 3.05) is 7.11 Å². The molecule has 1 fully saturated rings. The van der Waals surface area contributed by atoms with Gasteiger partial charge in [0.25, 0.3) is 5.91 Å². The first-order valence-electron chi connectivity index (χ1n) is 7.92. The first kappa shape index (κ1) is 16.8. The van der Waals surface area contributed by atoms with Crippen LogP contribution in [0, 0.1) is 0 Å². The predicted octanol–water partition coefficient (Wildman–Crippen LogP) is 4.40. The highest BCUT2D eigenvalue weighted by Gasteiger charge is 2.22. The Balaban J connectivity index is 1.80. The summed E-state index contributed by atoms with van der Waals surface area (Å²) in [5.41, 5.74) is 2.58. The molecule has 0 saturated carbocycles. The van der Waals surface area contributed by atoms with Crippen LogP contribution in [0.4, 0.5) is 0 Å². The minimum atomic E-state index is -0.166. The summed E-state index contributed by atoms with van der Waals surface area (Å²) in [6.45, 7) is 0. The molecule has 1 aromatic heterocycles. The van der Waals surface area contributed by atoms with Crippen LogP contribution in [0.5, 0.6) is 5.75 Å². The number of nitrogens with one attached hydrogen (secondary N) is 1.